The van der Waals surface area contributed by atoms with Crippen LogP contribution in [0.1, 0.15) is 38.4 Å². The maximum atomic E-state index is 10.2. The highest BCUT2D eigenvalue weighted by Gasteiger charge is 2.19. The van der Waals surface area contributed by atoms with Crippen LogP contribution >= 0.6 is 0 Å². The Morgan fingerprint density at radius 1 is 1.25 bits per heavy atom. The predicted molar refractivity (Wildman–Crippen MR) is 68.4 cm³/mol. The first kappa shape index (κ1) is 13.2. The van der Waals surface area contributed by atoms with E-state index in [1.54, 1.807) is 0 Å². The Kier molecular flexibility index (Phi) is 5.50. The quantitative estimate of drug-likeness (QED) is 0.798. The van der Waals surface area contributed by atoms with Crippen LogP contribution in [-0.4, -0.2) is 29.6 Å². The Labute approximate surface area is 98.9 Å². The first-order valence-electron chi connectivity index (χ1n) is 6.10. The van der Waals surface area contributed by atoms with E-state index < -0.39 is 6.10 Å². The second kappa shape index (κ2) is 6.66. The first-order chi connectivity index (χ1) is 7.66. The number of nitrogens with zero attached hydrogens (tertiary/aromatic N) is 1. The van der Waals surface area contributed by atoms with Crippen molar-refractivity contribution in [1.82, 2.24) is 4.90 Å². The molecule has 2 nitrogen and oxygen atoms in total. The van der Waals surface area contributed by atoms with E-state index in [1.165, 1.54) is 12.8 Å². The first-order valence-corrected chi connectivity index (χ1v) is 6.10. The molecule has 0 aliphatic rings. The third kappa shape index (κ3) is 3.62. The van der Waals surface area contributed by atoms with Gasteiger partial charge in [-0.25, -0.2) is 0 Å². The minimum atomic E-state index is -0.400. The van der Waals surface area contributed by atoms with Crippen molar-refractivity contribution in [2.24, 2.45) is 0 Å². The van der Waals surface area contributed by atoms with Crippen LogP contribution in [0, 0.1) is 0 Å². The van der Waals surface area contributed by atoms with Crippen LogP contribution in [0.3, 0.4) is 0 Å². The summed E-state index contributed by atoms with van der Waals surface area (Å²) in [6, 6.07) is 10.0. The fraction of sp³-hybridized carbons (Fsp3) is 0.571. The number of rotatable bonds is 6. The second-order valence-corrected chi connectivity index (χ2v) is 4.43. The molecule has 0 heterocycles. The summed E-state index contributed by atoms with van der Waals surface area (Å²) in [5.41, 5.74) is 0.998. The molecule has 0 aromatic heterocycles. The fourth-order valence-electron chi connectivity index (χ4n) is 1.78. The topological polar surface area (TPSA) is 23.5 Å². The minimum Gasteiger partial charge on any atom is -0.387 e. The van der Waals surface area contributed by atoms with Gasteiger partial charge in [0.1, 0.15) is 0 Å². The zero-order valence-electron chi connectivity index (χ0n) is 10.6. The van der Waals surface area contributed by atoms with Crippen LogP contribution in [0.25, 0.3) is 0 Å². The molecule has 0 spiro atoms. The summed E-state index contributed by atoms with van der Waals surface area (Å²) < 4.78 is 0. The van der Waals surface area contributed by atoms with E-state index in [-0.39, 0.29) is 6.04 Å². The number of unbranched alkanes of at least 4 members (excludes halogenated alkanes) is 1. The van der Waals surface area contributed by atoms with Crippen molar-refractivity contribution in [1.29, 1.82) is 0 Å². The maximum absolute atomic E-state index is 10.2. The smallest absolute Gasteiger partial charge is 0.0942 e. The summed E-state index contributed by atoms with van der Waals surface area (Å²) in [6.07, 6.45) is 1.98. The molecule has 0 amide bonds. The molecular weight excluding hydrogens is 198 g/mol. The van der Waals surface area contributed by atoms with E-state index in [9.17, 15) is 5.11 Å². The molecule has 90 valence electrons. The lowest BCUT2D eigenvalue weighted by molar-refractivity contribution is 0.0719. The lowest BCUT2D eigenvalue weighted by atomic mass is 10.0. The zero-order valence-corrected chi connectivity index (χ0v) is 10.6. The van der Waals surface area contributed by atoms with E-state index in [4.69, 9.17) is 0 Å². The maximum Gasteiger partial charge on any atom is 0.0942 e. The van der Waals surface area contributed by atoms with E-state index in [0.717, 1.165) is 12.1 Å². The van der Waals surface area contributed by atoms with Crippen LogP contribution in [0.5, 0.6) is 0 Å². The molecule has 2 heteroatoms. The number of hydrogen-bond donors (Lipinski definition) is 1. The van der Waals surface area contributed by atoms with Crippen LogP contribution < -0.4 is 0 Å². The molecule has 1 rings (SSSR count). The van der Waals surface area contributed by atoms with Crippen molar-refractivity contribution in [2.45, 2.75) is 38.8 Å². The van der Waals surface area contributed by atoms with Crippen molar-refractivity contribution in [3.05, 3.63) is 35.9 Å². The molecule has 0 bridgehead atoms. The van der Waals surface area contributed by atoms with Gasteiger partial charge in [-0.15, -0.1) is 0 Å². The number of likely N-dealkylation sites (N-methyl/N-ethyl adjacent to an activating group) is 1. The Morgan fingerprint density at radius 3 is 2.44 bits per heavy atom. The molecule has 0 radical (unpaired) electrons. The van der Waals surface area contributed by atoms with Gasteiger partial charge in [0.15, 0.2) is 0 Å². The van der Waals surface area contributed by atoms with Crippen LogP contribution in [0.15, 0.2) is 30.3 Å². The molecule has 1 aromatic rings. The van der Waals surface area contributed by atoms with Gasteiger partial charge < -0.3 is 10.0 Å². The normalized spacial score (nSPS) is 15.1. The van der Waals surface area contributed by atoms with Gasteiger partial charge in [-0.2, -0.15) is 0 Å². The number of hydrogen-bond acceptors (Lipinski definition) is 2. The lowest BCUT2D eigenvalue weighted by Crippen LogP contribution is -2.35. The third-order valence-corrected chi connectivity index (χ3v) is 3.16. The van der Waals surface area contributed by atoms with Gasteiger partial charge in [-0.05, 0) is 32.5 Å². The fourth-order valence-corrected chi connectivity index (χ4v) is 1.78. The largest absolute Gasteiger partial charge is 0.387 e. The molecule has 0 saturated heterocycles. The molecule has 1 aromatic carbocycles. The predicted octanol–water partition coefficient (Wildman–Crippen LogP) is 2.84. The highest BCUT2D eigenvalue weighted by Crippen LogP contribution is 2.19. The van der Waals surface area contributed by atoms with Crippen molar-refractivity contribution in [3.63, 3.8) is 0 Å². The average molecular weight is 221 g/mol. The molecule has 2 atom stereocenters. The molecular formula is C14H23NO. The Hall–Kier alpha value is -0.860. The van der Waals surface area contributed by atoms with Crippen molar-refractivity contribution in [2.75, 3.05) is 13.6 Å². The van der Waals surface area contributed by atoms with Gasteiger partial charge >= 0.3 is 0 Å². The SMILES string of the molecule is CCCCN(C)C(C)C(O)c1ccccc1. The van der Waals surface area contributed by atoms with Crippen molar-refractivity contribution < 1.29 is 5.11 Å². The van der Waals surface area contributed by atoms with E-state index >= 15 is 0 Å². The number of aliphatic hydroxyl groups is 1. The Morgan fingerprint density at radius 2 is 1.88 bits per heavy atom. The molecule has 0 aliphatic carbocycles. The third-order valence-electron chi connectivity index (χ3n) is 3.16. The summed E-state index contributed by atoms with van der Waals surface area (Å²) in [6.45, 7) is 5.31. The lowest BCUT2D eigenvalue weighted by Gasteiger charge is -2.29. The summed E-state index contributed by atoms with van der Waals surface area (Å²) in [4.78, 5) is 2.22. The highest BCUT2D eigenvalue weighted by atomic mass is 16.3. The summed E-state index contributed by atoms with van der Waals surface area (Å²) in [5, 5.41) is 10.2. The standard InChI is InChI=1S/C14H23NO/c1-4-5-11-15(3)12(2)14(16)13-9-7-6-8-10-13/h6-10,12,14,16H,4-5,11H2,1-3H3. The van der Waals surface area contributed by atoms with Gasteiger partial charge in [-0.3, -0.25) is 0 Å². The Bertz CT molecular complexity index is 286. The summed E-state index contributed by atoms with van der Waals surface area (Å²) >= 11 is 0. The van der Waals surface area contributed by atoms with Crippen molar-refractivity contribution in [3.8, 4) is 0 Å². The van der Waals surface area contributed by atoms with Crippen molar-refractivity contribution >= 4 is 0 Å². The second-order valence-electron chi connectivity index (χ2n) is 4.43. The molecule has 16 heavy (non-hydrogen) atoms. The van der Waals surface area contributed by atoms with E-state index in [2.05, 4.69) is 25.8 Å². The number of aliphatic hydroxyl groups excluding tert-OH is 1. The van der Waals surface area contributed by atoms with Gasteiger partial charge in [0.2, 0.25) is 0 Å². The molecule has 0 saturated carbocycles. The van der Waals surface area contributed by atoms with Crippen LogP contribution in [0.4, 0.5) is 0 Å². The van der Waals surface area contributed by atoms with Gasteiger partial charge in [0, 0.05) is 6.04 Å². The van der Waals surface area contributed by atoms with Crippen LogP contribution in [-0.2, 0) is 0 Å². The van der Waals surface area contributed by atoms with Gasteiger partial charge in [-0.1, -0.05) is 43.7 Å². The highest BCUT2D eigenvalue weighted by molar-refractivity contribution is 5.18. The number of benzene rings is 1. The molecule has 0 fully saturated rings. The minimum absolute atomic E-state index is 0.161. The van der Waals surface area contributed by atoms with Gasteiger partial charge in [0.05, 0.1) is 6.10 Å². The van der Waals surface area contributed by atoms with E-state index in [0.29, 0.717) is 0 Å². The Balaban J connectivity index is 2.56. The summed E-state index contributed by atoms with van der Waals surface area (Å²) in [7, 11) is 2.08. The van der Waals surface area contributed by atoms with Crippen LogP contribution in [0.2, 0.25) is 0 Å². The average Bonchev–Trinajstić information content (AvgIpc) is 2.35. The summed E-state index contributed by atoms with van der Waals surface area (Å²) in [5.74, 6) is 0. The molecule has 2 unspecified atom stereocenters. The van der Waals surface area contributed by atoms with Gasteiger partial charge in [0.25, 0.3) is 0 Å². The molecule has 0 aliphatic heterocycles. The van der Waals surface area contributed by atoms with E-state index in [1.807, 2.05) is 30.3 Å². The zero-order chi connectivity index (χ0) is 12.0. The molecule has 1 N–H and O–H groups in total. The monoisotopic (exact) mass is 221 g/mol.